The number of nitrogens with two attached hydrogens (primary N) is 1. The zero-order valence-electron chi connectivity index (χ0n) is 8.92. The summed E-state index contributed by atoms with van der Waals surface area (Å²) in [6.07, 6.45) is 0.411. The number of hydrogen-bond donors (Lipinski definition) is 3. The average molecular weight is 230 g/mol. The van der Waals surface area contributed by atoms with Crippen LogP contribution in [0.5, 0.6) is 5.75 Å². The van der Waals surface area contributed by atoms with Gasteiger partial charge in [-0.1, -0.05) is 11.6 Å². The number of aliphatic hydroxyl groups excluding tert-OH is 1. The molecule has 4 heteroatoms. The van der Waals surface area contributed by atoms with E-state index in [9.17, 15) is 5.11 Å². The van der Waals surface area contributed by atoms with E-state index >= 15 is 0 Å². The number of phenols is 1. The third-order valence-electron chi connectivity index (χ3n) is 2.52. The Labute approximate surface area is 94.5 Å². The molecule has 15 heavy (non-hydrogen) atoms. The molecule has 1 unspecified atom stereocenters. The van der Waals surface area contributed by atoms with Gasteiger partial charge in [0.05, 0.1) is 0 Å². The summed E-state index contributed by atoms with van der Waals surface area (Å²) in [6, 6.07) is 1.22. The third-order valence-corrected chi connectivity index (χ3v) is 3.10. The first-order valence-corrected chi connectivity index (χ1v) is 5.21. The maximum atomic E-state index is 9.77. The summed E-state index contributed by atoms with van der Waals surface area (Å²) in [5.74, 6) is 0.148. The van der Waals surface area contributed by atoms with Crippen LogP contribution in [-0.4, -0.2) is 16.8 Å². The molecule has 1 rings (SSSR count). The predicted molar refractivity (Wildman–Crippen MR) is 61.2 cm³/mol. The highest BCUT2D eigenvalue weighted by atomic mass is 35.5. The zero-order valence-corrected chi connectivity index (χ0v) is 9.67. The lowest BCUT2D eigenvalue weighted by Gasteiger charge is -2.17. The van der Waals surface area contributed by atoms with Crippen LogP contribution >= 0.6 is 11.6 Å². The maximum absolute atomic E-state index is 9.77. The van der Waals surface area contributed by atoms with E-state index in [1.165, 1.54) is 0 Å². The van der Waals surface area contributed by atoms with Crippen molar-refractivity contribution < 1.29 is 10.2 Å². The lowest BCUT2D eigenvalue weighted by Crippen LogP contribution is -2.14. The summed E-state index contributed by atoms with van der Waals surface area (Å²) < 4.78 is 0. The van der Waals surface area contributed by atoms with Crippen molar-refractivity contribution in [2.45, 2.75) is 26.3 Å². The number of hydrogen-bond acceptors (Lipinski definition) is 3. The molecule has 1 aromatic carbocycles. The quantitative estimate of drug-likeness (QED) is 0.743. The first-order valence-electron chi connectivity index (χ1n) is 4.84. The molecule has 4 N–H and O–H groups in total. The van der Waals surface area contributed by atoms with E-state index in [0.717, 1.165) is 11.1 Å². The second kappa shape index (κ2) is 4.84. The Morgan fingerprint density at radius 2 is 2.07 bits per heavy atom. The van der Waals surface area contributed by atoms with Crippen molar-refractivity contribution in [2.75, 3.05) is 6.61 Å². The molecule has 3 nitrogen and oxygen atoms in total. The molecule has 0 aliphatic heterocycles. The normalized spacial score (nSPS) is 12.9. The van der Waals surface area contributed by atoms with Gasteiger partial charge in [-0.2, -0.15) is 0 Å². The summed E-state index contributed by atoms with van der Waals surface area (Å²) in [5.41, 5.74) is 8.08. The molecule has 0 heterocycles. The number of aliphatic hydroxyl groups is 1. The molecule has 0 radical (unpaired) electrons. The van der Waals surface area contributed by atoms with Crippen LogP contribution in [0.4, 0.5) is 0 Å². The van der Waals surface area contributed by atoms with Gasteiger partial charge in [0.2, 0.25) is 0 Å². The second-order valence-electron chi connectivity index (χ2n) is 3.68. The van der Waals surface area contributed by atoms with Crippen LogP contribution in [0.3, 0.4) is 0 Å². The SMILES string of the molecule is Cc1cc(O)c(C(N)CCO)c(C)c1Cl. The number of phenolic OH excluding ortho intramolecular Hbond substituents is 1. The molecule has 0 aliphatic rings. The predicted octanol–water partition coefficient (Wildman–Crippen LogP) is 2.04. The first kappa shape index (κ1) is 12.3. The molecule has 1 aromatic rings. The zero-order chi connectivity index (χ0) is 11.6. The van der Waals surface area contributed by atoms with E-state index in [1.54, 1.807) is 6.07 Å². The van der Waals surface area contributed by atoms with Gasteiger partial charge in [-0.3, -0.25) is 0 Å². The van der Waals surface area contributed by atoms with Gasteiger partial charge in [0, 0.05) is 23.2 Å². The fourth-order valence-corrected chi connectivity index (χ4v) is 1.86. The monoisotopic (exact) mass is 229 g/mol. The molecule has 0 fully saturated rings. The largest absolute Gasteiger partial charge is 0.508 e. The van der Waals surface area contributed by atoms with Crippen molar-refractivity contribution >= 4 is 11.6 Å². The summed E-state index contributed by atoms with van der Waals surface area (Å²) in [5, 5.41) is 19.2. The number of aromatic hydroxyl groups is 1. The number of rotatable bonds is 3. The van der Waals surface area contributed by atoms with E-state index in [2.05, 4.69) is 0 Å². The first-order chi connectivity index (χ1) is 6.99. The van der Waals surface area contributed by atoms with Gasteiger partial charge >= 0.3 is 0 Å². The Morgan fingerprint density at radius 3 is 2.60 bits per heavy atom. The molecular weight excluding hydrogens is 214 g/mol. The Morgan fingerprint density at radius 1 is 1.47 bits per heavy atom. The molecule has 0 aromatic heterocycles. The van der Waals surface area contributed by atoms with Crippen LogP contribution < -0.4 is 5.73 Å². The Bertz CT molecular complexity index is 366. The van der Waals surface area contributed by atoms with Crippen molar-refractivity contribution in [1.29, 1.82) is 0 Å². The van der Waals surface area contributed by atoms with Gasteiger partial charge in [-0.15, -0.1) is 0 Å². The minimum atomic E-state index is -0.381. The lowest BCUT2D eigenvalue weighted by molar-refractivity contribution is 0.275. The van der Waals surface area contributed by atoms with Crippen LogP contribution in [0, 0.1) is 13.8 Å². The van der Waals surface area contributed by atoms with Gasteiger partial charge in [0.25, 0.3) is 0 Å². The molecule has 84 valence electrons. The van der Waals surface area contributed by atoms with Gasteiger partial charge in [-0.05, 0) is 37.5 Å². The highest BCUT2D eigenvalue weighted by Gasteiger charge is 2.17. The van der Waals surface area contributed by atoms with E-state index in [0.29, 0.717) is 17.0 Å². The average Bonchev–Trinajstić information content (AvgIpc) is 2.15. The lowest BCUT2D eigenvalue weighted by atomic mass is 9.96. The minimum absolute atomic E-state index is 0.00839. The molecular formula is C11H16ClNO2. The minimum Gasteiger partial charge on any atom is -0.508 e. The topological polar surface area (TPSA) is 66.5 Å². The smallest absolute Gasteiger partial charge is 0.120 e. The fourth-order valence-electron chi connectivity index (χ4n) is 1.70. The summed E-state index contributed by atoms with van der Waals surface area (Å²) >= 11 is 6.07. The van der Waals surface area contributed by atoms with Crippen LogP contribution in [0.25, 0.3) is 0 Å². The molecule has 0 amide bonds. The fraction of sp³-hybridized carbons (Fsp3) is 0.455. The molecule has 0 saturated heterocycles. The summed E-state index contributed by atoms with van der Waals surface area (Å²) in [6.45, 7) is 3.64. The molecule has 1 atom stereocenters. The van der Waals surface area contributed by atoms with E-state index in [-0.39, 0.29) is 18.4 Å². The van der Waals surface area contributed by atoms with E-state index < -0.39 is 0 Å². The van der Waals surface area contributed by atoms with Crippen molar-refractivity contribution in [3.63, 3.8) is 0 Å². The Kier molecular flexibility index (Phi) is 3.97. The Hall–Kier alpha value is -0.770. The van der Waals surface area contributed by atoms with Crippen molar-refractivity contribution in [2.24, 2.45) is 5.73 Å². The van der Waals surface area contributed by atoms with Gasteiger partial charge in [-0.25, -0.2) is 0 Å². The van der Waals surface area contributed by atoms with Crippen LogP contribution in [0.2, 0.25) is 5.02 Å². The summed E-state index contributed by atoms with van der Waals surface area (Å²) in [7, 11) is 0. The van der Waals surface area contributed by atoms with Gasteiger partial charge < -0.3 is 15.9 Å². The molecule has 0 aliphatic carbocycles. The number of aryl methyl sites for hydroxylation is 1. The molecule has 0 spiro atoms. The number of benzene rings is 1. The highest BCUT2D eigenvalue weighted by molar-refractivity contribution is 6.32. The van der Waals surface area contributed by atoms with Crippen LogP contribution in [-0.2, 0) is 0 Å². The van der Waals surface area contributed by atoms with Crippen molar-refractivity contribution in [3.05, 3.63) is 27.8 Å². The highest BCUT2D eigenvalue weighted by Crippen LogP contribution is 2.34. The van der Waals surface area contributed by atoms with Crippen LogP contribution in [0.15, 0.2) is 6.07 Å². The third kappa shape index (κ3) is 2.43. The van der Waals surface area contributed by atoms with Gasteiger partial charge in [0.15, 0.2) is 0 Å². The van der Waals surface area contributed by atoms with E-state index in [4.69, 9.17) is 22.4 Å². The second-order valence-corrected chi connectivity index (χ2v) is 4.06. The summed E-state index contributed by atoms with van der Waals surface area (Å²) in [4.78, 5) is 0. The molecule has 0 saturated carbocycles. The van der Waals surface area contributed by atoms with Gasteiger partial charge in [0.1, 0.15) is 5.75 Å². The standard InChI is InChI=1S/C11H16ClNO2/c1-6-5-9(15)10(7(2)11(6)12)8(13)3-4-14/h5,8,14-15H,3-4,13H2,1-2H3. The number of halogens is 1. The van der Waals surface area contributed by atoms with E-state index in [1.807, 2.05) is 13.8 Å². The van der Waals surface area contributed by atoms with Crippen molar-refractivity contribution in [3.8, 4) is 5.75 Å². The molecule has 0 bridgehead atoms. The van der Waals surface area contributed by atoms with Crippen LogP contribution in [0.1, 0.15) is 29.2 Å². The maximum Gasteiger partial charge on any atom is 0.120 e. The Balaban J connectivity index is 3.23. The van der Waals surface area contributed by atoms with Crippen molar-refractivity contribution in [1.82, 2.24) is 0 Å².